The van der Waals surface area contributed by atoms with Crippen LogP contribution in [0.15, 0.2) is 12.1 Å². The third-order valence-electron chi connectivity index (χ3n) is 2.47. The molecule has 16 heavy (non-hydrogen) atoms. The second-order valence-electron chi connectivity index (χ2n) is 3.57. The quantitative estimate of drug-likeness (QED) is 0.882. The van der Waals surface area contributed by atoms with Crippen LogP contribution < -0.4 is 5.32 Å². The molecule has 1 aromatic rings. The van der Waals surface area contributed by atoms with Gasteiger partial charge < -0.3 is 10.2 Å². The van der Waals surface area contributed by atoms with Gasteiger partial charge in [0.2, 0.25) is 5.91 Å². The topological polar surface area (TPSA) is 32.3 Å². The Morgan fingerprint density at radius 2 is 2.31 bits per heavy atom. The lowest BCUT2D eigenvalue weighted by molar-refractivity contribution is -0.133. The molecular weight excluding hydrogens is 244 g/mol. The second-order valence-corrected chi connectivity index (χ2v) is 5.37. The number of nitrogens with zero attached hydrogens (tertiary/aromatic N) is 1. The molecular formula is C11H17ClN2OS. The van der Waals surface area contributed by atoms with E-state index in [2.05, 4.69) is 5.32 Å². The minimum atomic E-state index is -0.143. The summed E-state index contributed by atoms with van der Waals surface area (Å²) in [6.07, 6.45) is 0. The van der Waals surface area contributed by atoms with E-state index < -0.39 is 0 Å². The van der Waals surface area contributed by atoms with E-state index in [0.717, 1.165) is 9.21 Å². The van der Waals surface area contributed by atoms with Crippen molar-refractivity contribution in [1.82, 2.24) is 10.2 Å². The van der Waals surface area contributed by atoms with Crippen LogP contribution in [-0.4, -0.2) is 30.4 Å². The van der Waals surface area contributed by atoms with Gasteiger partial charge in [-0.05, 0) is 33.0 Å². The van der Waals surface area contributed by atoms with Crippen molar-refractivity contribution < 1.29 is 4.79 Å². The van der Waals surface area contributed by atoms with Crippen LogP contribution >= 0.6 is 22.9 Å². The SMILES string of the molecule is CCN(Cc1ccc(Cl)s1)C(=O)C(C)NC. The Bertz CT molecular complexity index is 354. The smallest absolute Gasteiger partial charge is 0.239 e. The number of carbonyl (C=O) groups excluding carboxylic acids is 1. The fourth-order valence-corrected chi connectivity index (χ4v) is 2.47. The van der Waals surface area contributed by atoms with Gasteiger partial charge in [0.1, 0.15) is 0 Å². The lowest BCUT2D eigenvalue weighted by atomic mass is 10.3. The molecule has 0 fully saturated rings. The summed E-state index contributed by atoms with van der Waals surface area (Å²) < 4.78 is 0.764. The maximum atomic E-state index is 12.0. The van der Waals surface area contributed by atoms with Crippen molar-refractivity contribution in [2.45, 2.75) is 26.4 Å². The highest BCUT2D eigenvalue weighted by Crippen LogP contribution is 2.22. The number of hydrogen-bond acceptors (Lipinski definition) is 3. The number of amides is 1. The molecule has 0 aliphatic rings. The highest BCUT2D eigenvalue weighted by Gasteiger charge is 2.18. The minimum absolute atomic E-state index is 0.120. The fourth-order valence-electron chi connectivity index (χ4n) is 1.37. The molecule has 1 heterocycles. The number of rotatable bonds is 5. The first-order chi connectivity index (χ1) is 7.58. The van der Waals surface area contributed by atoms with Gasteiger partial charge in [-0.25, -0.2) is 0 Å². The van der Waals surface area contributed by atoms with E-state index in [1.165, 1.54) is 11.3 Å². The van der Waals surface area contributed by atoms with Gasteiger partial charge in [0.25, 0.3) is 0 Å². The molecule has 1 atom stereocenters. The summed E-state index contributed by atoms with van der Waals surface area (Å²) in [4.78, 5) is 14.9. The van der Waals surface area contributed by atoms with Gasteiger partial charge in [-0.15, -0.1) is 11.3 Å². The van der Waals surface area contributed by atoms with Gasteiger partial charge in [-0.1, -0.05) is 11.6 Å². The van der Waals surface area contributed by atoms with Gasteiger partial charge in [0.05, 0.1) is 16.9 Å². The summed E-state index contributed by atoms with van der Waals surface area (Å²) in [5.74, 6) is 0.120. The van der Waals surface area contributed by atoms with Crippen LogP contribution in [-0.2, 0) is 11.3 Å². The van der Waals surface area contributed by atoms with Crippen molar-refractivity contribution in [3.8, 4) is 0 Å². The number of thiophene rings is 1. The second kappa shape index (κ2) is 6.23. The van der Waals surface area contributed by atoms with Crippen LogP contribution in [0.1, 0.15) is 18.7 Å². The molecule has 1 unspecified atom stereocenters. The standard InChI is InChI=1S/C11H17ClN2OS/c1-4-14(11(15)8(2)13-3)7-9-5-6-10(12)16-9/h5-6,8,13H,4,7H2,1-3H3. The average molecular weight is 261 g/mol. The Kier molecular flexibility index (Phi) is 5.25. The van der Waals surface area contributed by atoms with Crippen molar-refractivity contribution in [2.75, 3.05) is 13.6 Å². The zero-order valence-corrected chi connectivity index (χ0v) is 11.4. The maximum Gasteiger partial charge on any atom is 0.239 e. The Morgan fingerprint density at radius 1 is 1.62 bits per heavy atom. The predicted octanol–water partition coefficient (Wildman–Crippen LogP) is 2.36. The Balaban J connectivity index is 2.65. The number of likely N-dealkylation sites (N-methyl/N-ethyl adjacent to an activating group) is 2. The molecule has 0 aliphatic carbocycles. The molecule has 1 amide bonds. The van der Waals surface area contributed by atoms with Crippen molar-refractivity contribution >= 4 is 28.8 Å². The molecule has 90 valence electrons. The van der Waals surface area contributed by atoms with E-state index in [4.69, 9.17) is 11.6 Å². The van der Waals surface area contributed by atoms with E-state index in [1.807, 2.05) is 30.9 Å². The molecule has 1 aromatic heterocycles. The van der Waals surface area contributed by atoms with Crippen LogP contribution in [0.3, 0.4) is 0 Å². The largest absolute Gasteiger partial charge is 0.336 e. The molecule has 0 aliphatic heterocycles. The lowest BCUT2D eigenvalue weighted by Gasteiger charge is -2.23. The zero-order valence-electron chi connectivity index (χ0n) is 9.79. The number of nitrogens with one attached hydrogen (secondary N) is 1. The highest BCUT2D eigenvalue weighted by molar-refractivity contribution is 7.16. The first-order valence-electron chi connectivity index (χ1n) is 5.28. The first kappa shape index (κ1) is 13.5. The molecule has 0 aromatic carbocycles. The highest BCUT2D eigenvalue weighted by atomic mass is 35.5. The molecule has 0 radical (unpaired) electrons. The fraction of sp³-hybridized carbons (Fsp3) is 0.545. The summed E-state index contributed by atoms with van der Waals surface area (Å²) in [7, 11) is 1.79. The monoisotopic (exact) mass is 260 g/mol. The summed E-state index contributed by atoms with van der Waals surface area (Å²) in [6.45, 7) is 5.20. The van der Waals surface area contributed by atoms with Crippen molar-refractivity contribution in [2.24, 2.45) is 0 Å². The third kappa shape index (κ3) is 3.47. The molecule has 0 spiro atoms. The first-order valence-corrected chi connectivity index (χ1v) is 6.48. The molecule has 5 heteroatoms. The predicted molar refractivity (Wildman–Crippen MR) is 68.9 cm³/mol. The molecule has 3 nitrogen and oxygen atoms in total. The van der Waals surface area contributed by atoms with Crippen LogP contribution in [0.25, 0.3) is 0 Å². The molecule has 0 saturated heterocycles. The summed E-state index contributed by atoms with van der Waals surface area (Å²) in [5.41, 5.74) is 0. The van der Waals surface area contributed by atoms with Gasteiger partial charge >= 0.3 is 0 Å². The van der Waals surface area contributed by atoms with E-state index in [9.17, 15) is 4.79 Å². The zero-order chi connectivity index (χ0) is 12.1. The van der Waals surface area contributed by atoms with Crippen LogP contribution in [0, 0.1) is 0 Å². The average Bonchev–Trinajstić information content (AvgIpc) is 2.69. The minimum Gasteiger partial charge on any atom is -0.336 e. The van der Waals surface area contributed by atoms with Crippen molar-refractivity contribution in [1.29, 1.82) is 0 Å². The van der Waals surface area contributed by atoms with E-state index in [0.29, 0.717) is 13.1 Å². The summed E-state index contributed by atoms with van der Waals surface area (Å²) in [6, 6.07) is 3.68. The van der Waals surface area contributed by atoms with Gasteiger partial charge in [0, 0.05) is 11.4 Å². The number of carbonyl (C=O) groups is 1. The molecule has 0 bridgehead atoms. The van der Waals surface area contributed by atoms with Gasteiger partial charge in [-0.2, -0.15) is 0 Å². The Labute approximate surface area is 105 Å². The normalized spacial score (nSPS) is 12.5. The Hall–Kier alpha value is -0.580. The van der Waals surface area contributed by atoms with E-state index in [1.54, 1.807) is 7.05 Å². The van der Waals surface area contributed by atoms with Gasteiger partial charge in [0.15, 0.2) is 0 Å². The molecule has 1 N–H and O–H groups in total. The summed E-state index contributed by atoms with van der Waals surface area (Å²) >= 11 is 7.38. The van der Waals surface area contributed by atoms with E-state index >= 15 is 0 Å². The summed E-state index contributed by atoms with van der Waals surface area (Å²) in [5, 5.41) is 2.96. The molecule has 0 saturated carbocycles. The van der Waals surface area contributed by atoms with Gasteiger partial charge in [-0.3, -0.25) is 4.79 Å². The molecule has 1 rings (SSSR count). The maximum absolute atomic E-state index is 12.0. The van der Waals surface area contributed by atoms with Crippen LogP contribution in [0.2, 0.25) is 4.34 Å². The Morgan fingerprint density at radius 3 is 2.75 bits per heavy atom. The van der Waals surface area contributed by atoms with Crippen LogP contribution in [0.5, 0.6) is 0 Å². The van der Waals surface area contributed by atoms with E-state index in [-0.39, 0.29) is 11.9 Å². The number of halogens is 1. The lowest BCUT2D eigenvalue weighted by Crippen LogP contribution is -2.43. The van der Waals surface area contributed by atoms with Crippen molar-refractivity contribution in [3.05, 3.63) is 21.3 Å². The number of hydrogen-bond donors (Lipinski definition) is 1. The van der Waals surface area contributed by atoms with Crippen LogP contribution in [0.4, 0.5) is 0 Å². The third-order valence-corrected chi connectivity index (χ3v) is 3.69. The van der Waals surface area contributed by atoms with Crippen molar-refractivity contribution in [3.63, 3.8) is 0 Å².